The first kappa shape index (κ1) is 16.5. The van der Waals surface area contributed by atoms with Crippen molar-refractivity contribution in [3.63, 3.8) is 0 Å². The second kappa shape index (κ2) is 6.38. The molecule has 0 fully saturated rings. The van der Waals surface area contributed by atoms with Crippen molar-refractivity contribution in [2.75, 3.05) is 4.90 Å². The highest BCUT2D eigenvalue weighted by atomic mass is 32.1. The van der Waals surface area contributed by atoms with E-state index in [1.807, 2.05) is 0 Å². The lowest BCUT2D eigenvalue weighted by Gasteiger charge is -2.33. The molecule has 1 N–H and O–H groups in total. The number of ether oxygens (including phenoxy) is 1. The molecule has 2 aromatic carbocycles. The molecule has 1 unspecified atom stereocenters. The number of carbonyl (C=O) groups is 2. The van der Waals surface area contributed by atoms with Crippen LogP contribution in [-0.4, -0.2) is 28.1 Å². The normalized spacial score (nSPS) is 16.4. The Labute approximate surface area is 151 Å². The average molecular weight is 372 g/mol. The van der Waals surface area contributed by atoms with Crippen LogP contribution in [0.3, 0.4) is 0 Å². The summed E-state index contributed by atoms with van der Waals surface area (Å²) >= 11 is 1.36. The van der Waals surface area contributed by atoms with E-state index >= 15 is 0 Å². The van der Waals surface area contributed by atoms with Crippen molar-refractivity contribution in [2.45, 2.75) is 19.1 Å². The molecule has 3 aromatic rings. The Morgan fingerprint density at radius 1 is 1.31 bits per heavy atom. The summed E-state index contributed by atoms with van der Waals surface area (Å²) in [6, 6.07) is 11.3. The largest absolute Gasteiger partial charge is 0.481 e. The van der Waals surface area contributed by atoms with Crippen LogP contribution in [0.2, 0.25) is 0 Å². The Balaban J connectivity index is 1.70. The standard InChI is InChI=1S/C18H13FN2O4S/c19-10-5-6-15-11(7-10)20-16(26-15)9-21-12-3-1-2-4-13(12)25-14(18(21)24)8-17(22)23/h1-7,14H,8-9H2,(H,22,23). The number of hydrogen-bond acceptors (Lipinski definition) is 5. The van der Waals surface area contributed by atoms with E-state index in [2.05, 4.69) is 4.98 Å². The molecule has 0 saturated carbocycles. The van der Waals surface area contributed by atoms with E-state index in [0.717, 1.165) is 4.70 Å². The highest BCUT2D eigenvalue weighted by Gasteiger charge is 2.36. The first-order chi connectivity index (χ1) is 12.5. The smallest absolute Gasteiger partial charge is 0.307 e. The zero-order valence-corrected chi connectivity index (χ0v) is 14.2. The Morgan fingerprint density at radius 3 is 2.92 bits per heavy atom. The molecular formula is C18H13FN2O4S. The van der Waals surface area contributed by atoms with Crippen molar-refractivity contribution in [3.05, 3.63) is 53.3 Å². The number of fused-ring (bicyclic) bond motifs is 2. The summed E-state index contributed by atoms with van der Waals surface area (Å²) < 4.78 is 19.7. The van der Waals surface area contributed by atoms with Crippen molar-refractivity contribution < 1.29 is 23.8 Å². The van der Waals surface area contributed by atoms with Crippen LogP contribution in [0.4, 0.5) is 10.1 Å². The highest BCUT2D eigenvalue weighted by molar-refractivity contribution is 7.18. The minimum Gasteiger partial charge on any atom is -0.481 e. The van der Waals surface area contributed by atoms with E-state index < -0.39 is 24.4 Å². The molecule has 1 aromatic heterocycles. The van der Waals surface area contributed by atoms with E-state index in [4.69, 9.17) is 9.84 Å². The number of halogens is 1. The molecule has 2 heterocycles. The van der Waals surface area contributed by atoms with Gasteiger partial charge in [-0.2, -0.15) is 0 Å². The van der Waals surface area contributed by atoms with Crippen molar-refractivity contribution in [1.82, 2.24) is 4.98 Å². The van der Waals surface area contributed by atoms with Gasteiger partial charge in [0.05, 0.1) is 28.9 Å². The average Bonchev–Trinajstić information content (AvgIpc) is 2.99. The number of hydrogen-bond donors (Lipinski definition) is 1. The lowest BCUT2D eigenvalue weighted by Crippen LogP contribution is -2.46. The molecule has 8 heteroatoms. The molecule has 0 saturated heterocycles. The minimum absolute atomic E-state index is 0.163. The Morgan fingerprint density at radius 2 is 2.12 bits per heavy atom. The number of carboxylic acid groups (broad SMARTS) is 1. The Hall–Kier alpha value is -3.00. The van der Waals surface area contributed by atoms with Gasteiger partial charge < -0.3 is 9.84 Å². The third-order valence-corrected chi connectivity index (χ3v) is 5.04. The summed E-state index contributed by atoms with van der Waals surface area (Å²) in [6.45, 7) is 0.163. The fraction of sp³-hybridized carbons (Fsp3) is 0.167. The quantitative estimate of drug-likeness (QED) is 0.761. The van der Waals surface area contributed by atoms with Gasteiger partial charge in [-0.05, 0) is 24.3 Å². The molecule has 4 rings (SSSR count). The maximum Gasteiger partial charge on any atom is 0.307 e. The molecule has 1 aliphatic heterocycles. The van der Waals surface area contributed by atoms with Crippen LogP contribution in [0.25, 0.3) is 10.2 Å². The molecule has 0 bridgehead atoms. The Kier molecular flexibility index (Phi) is 4.04. The fourth-order valence-corrected chi connectivity index (χ4v) is 3.81. The van der Waals surface area contributed by atoms with Crippen LogP contribution in [-0.2, 0) is 16.1 Å². The van der Waals surface area contributed by atoms with Crippen LogP contribution in [0, 0.1) is 5.82 Å². The van der Waals surface area contributed by atoms with Crippen LogP contribution in [0.5, 0.6) is 5.75 Å². The van der Waals surface area contributed by atoms with Gasteiger partial charge in [-0.15, -0.1) is 11.3 Å². The monoisotopic (exact) mass is 372 g/mol. The van der Waals surface area contributed by atoms with Crippen molar-refractivity contribution in [2.24, 2.45) is 0 Å². The molecule has 0 radical (unpaired) electrons. The van der Waals surface area contributed by atoms with E-state index in [9.17, 15) is 14.0 Å². The van der Waals surface area contributed by atoms with Gasteiger partial charge >= 0.3 is 5.97 Å². The van der Waals surface area contributed by atoms with Crippen LogP contribution in [0.15, 0.2) is 42.5 Å². The molecule has 26 heavy (non-hydrogen) atoms. The van der Waals surface area contributed by atoms with Crippen LogP contribution in [0.1, 0.15) is 11.4 Å². The molecular weight excluding hydrogens is 359 g/mol. The van der Waals surface area contributed by atoms with Crippen molar-refractivity contribution in [1.29, 1.82) is 0 Å². The summed E-state index contributed by atoms with van der Waals surface area (Å²) in [5.41, 5.74) is 1.09. The molecule has 6 nitrogen and oxygen atoms in total. The number of benzene rings is 2. The number of anilines is 1. The maximum atomic E-state index is 13.4. The van der Waals surface area contributed by atoms with Gasteiger partial charge in [0.1, 0.15) is 16.6 Å². The lowest BCUT2D eigenvalue weighted by atomic mass is 10.1. The maximum absolute atomic E-state index is 13.4. The molecule has 0 aliphatic carbocycles. The number of thiazole rings is 1. The van der Waals surface area contributed by atoms with E-state index in [1.165, 1.54) is 28.4 Å². The highest BCUT2D eigenvalue weighted by Crippen LogP contribution is 2.36. The summed E-state index contributed by atoms with van der Waals surface area (Å²) in [5, 5.41) is 9.66. The molecule has 132 valence electrons. The lowest BCUT2D eigenvalue weighted by molar-refractivity contribution is -0.142. The van der Waals surface area contributed by atoms with Gasteiger partial charge in [0, 0.05) is 6.07 Å². The van der Waals surface area contributed by atoms with Gasteiger partial charge in [-0.1, -0.05) is 12.1 Å². The number of carboxylic acids is 1. The van der Waals surface area contributed by atoms with Gasteiger partial charge in [0.15, 0.2) is 6.10 Å². The number of rotatable bonds is 4. The van der Waals surface area contributed by atoms with Gasteiger partial charge in [-0.25, -0.2) is 9.37 Å². The number of para-hydroxylation sites is 2. The summed E-state index contributed by atoms with van der Waals surface area (Å²) in [4.78, 5) is 29.7. The van der Waals surface area contributed by atoms with E-state index in [0.29, 0.717) is 22.0 Å². The van der Waals surface area contributed by atoms with Gasteiger partial charge in [-0.3, -0.25) is 14.5 Å². The first-order valence-electron chi connectivity index (χ1n) is 7.85. The van der Waals surface area contributed by atoms with Crippen molar-refractivity contribution in [3.8, 4) is 5.75 Å². The summed E-state index contributed by atoms with van der Waals surface area (Å²) in [6.07, 6.45) is -1.51. The number of carbonyl (C=O) groups excluding carboxylic acids is 1. The first-order valence-corrected chi connectivity index (χ1v) is 8.67. The third-order valence-electron chi connectivity index (χ3n) is 4.01. The predicted octanol–water partition coefficient (Wildman–Crippen LogP) is 3.20. The van der Waals surface area contributed by atoms with Crippen molar-refractivity contribution >= 4 is 39.1 Å². The number of amides is 1. The predicted molar refractivity (Wildman–Crippen MR) is 93.9 cm³/mol. The molecule has 1 amide bonds. The van der Waals surface area contributed by atoms with Crippen LogP contribution < -0.4 is 9.64 Å². The third kappa shape index (κ3) is 2.99. The summed E-state index contributed by atoms with van der Waals surface area (Å²) in [5.74, 6) is -1.47. The van der Waals surface area contributed by atoms with Crippen LogP contribution >= 0.6 is 11.3 Å². The second-order valence-corrected chi connectivity index (χ2v) is 6.93. The number of aliphatic carboxylic acids is 1. The SMILES string of the molecule is O=C(O)CC1Oc2ccccc2N(Cc2nc3cc(F)ccc3s2)C1=O. The zero-order chi connectivity index (χ0) is 18.3. The van der Waals surface area contributed by atoms with E-state index in [1.54, 1.807) is 30.3 Å². The molecule has 1 aliphatic rings. The van der Waals surface area contributed by atoms with Gasteiger partial charge in [0.25, 0.3) is 5.91 Å². The fourth-order valence-electron chi connectivity index (χ4n) is 2.88. The van der Waals surface area contributed by atoms with Gasteiger partial charge in [0.2, 0.25) is 0 Å². The topological polar surface area (TPSA) is 79.7 Å². The van der Waals surface area contributed by atoms with E-state index in [-0.39, 0.29) is 12.4 Å². The zero-order valence-electron chi connectivity index (χ0n) is 13.4. The second-order valence-electron chi connectivity index (χ2n) is 5.82. The molecule has 0 spiro atoms. The number of nitrogens with zero attached hydrogens (tertiary/aromatic N) is 2. The Bertz CT molecular complexity index is 1020. The summed E-state index contributed by atoms with van der Waals surface area (Å²) in [7, 11) is 0. The minimum atomic E-state index is -1.11. The number of aromatic nitrogens is 1. The molecule has 1 atom stereocenters.